The van der Waals surface area contributed by atoms with Gasteiger partial charge in [0.2, 0.25) is 15.9 Å². The lowest BCUT2D eigenvalue weighted by atomic mass is 9.90. The molecule has 2 aliphatic heterocycles. The van der Waals surface area contributed by atoms with Crippen LogP contribution in [0.2, 0.25) is 0 Å². The fourth-order valence-electron chi connectivity index (χ4n) is 4.36. The Balaban J connectivity index is 1.56. The molecule has 1 amide bonds. The van der Waals surface area contributed by atoms with Crippen LogP contribution < -0.4 is 5.56 Å². The third kappa shape index (κ3) is 3.32. The number of H-pyrrole nitrogens is 2. The van der Waals surface area contributed by atoms with Crippen LogP contribution in [0.4, 0.5) is 0 Å². The van der Waals surface area contributed by atoms with Crippen molar-refractivity contribution in [3.05, 3.63) is 58.0 Å². The second-order valence-corrected chi connectivity index (χ2v) is 9.29. The highest BCUT2D eigenvalue weighted by molar-refractivity contribution is 7.88. The first-order valence-electron chi connectivity index (χ1n) is 8.89. The van der Waals surface area contributed by atoms with Gasteiger partial charge < -0.3 is 10.00 Å². The molecule has 2 aliphatic rings. The van der Waals surface area contributed by atoms with Crippen molar-refractivity contribution in [1.82, 2.24) is 19.4 Å². The summed E-state index contributed by atoms with van der Waals surface area (Å²) in [6.45, 7) is 1.43. The maximum Gasteiger partial charge on any atom is 0.267 e. The summed E-state index contributed by atoms with van der Waals surface area (Å²) in [5.41, 5.74) is 1.08. The lowest BCUT2D eigenvalue weighted by Gasteiger charge is -2.28. The zero-order chi connectivity index (χ0) is 19.2. The van der Waals surface area contributed by atoms with Crippen LogP contribution in [0.15, 0.2) is 41.3 Å². The van der Waals surface area contributed by atoms with Crippen molar-refractivity contribution in [2.75, 3.05) is 25.9 Å². The third-order valence-corrected chi connectivity index (χ3v) is 6.84. The van der Waals surface area contributed by atoms with Gasteiger partial charge in [-0.2, -0.15) is 4.31 Å². The van der Waals surface area contributed by atoms with Crippen molar-refractivity contribution in [3.63, 3.8) is 0 Å². The van der Waals surface area contributed by atoms with E-state index in [4.69, 9.17) is 0 Å². The van der Waals surface area contributed by atoms with Crippen molar-refractivity contribution >= 4 is 15.9 Å². The summed E-state index contributed by atoms with van der Waals surface area (Å²) in [4.78, 5) is 26.0. The molecule has 0 spiro atoms. The van der Waals surface area contributed by atoms with E-state index in [1.807, 2.05) is 30.3 Å². The van der Waals surface area contributed by atoms with Crippen molar-refractivity contribution < 1.29 is 13.2 Å². The first-order valence-corrected chi connectivity index (χ1v) is 10.7. The van der Waals surface area contributed by atoms with Crippen molar-refractivity contribution in [1.29, 1.82) is 0 Å². The van der Waals surface area contributed by atoms with Gasteiger partial charge in [-0.1, -0.05) is 30.3 Å². The molecule has 9 heteroatoms. The third-order valence-electron chi connectivity index (χ3n) is 5.61. The molecule has 0 radical (unpaired) electrons. The smallest absolute Gasteiger partial charge is 0.267 e. The van der Waals surface area contributed by atoms with E-state index >= 15 is 0 Å². The van der Waals surface area contributed by atoms with Gasteiger partial charge in [0.25, 0.3) is 5.56 Å². The van der Waals surface area contributed by atoms with Crippen LogP contribution in [0.1, 0.15) is 17.2 Å². The molecular weight excluding hydrogens is 368 g/mol. The number of aromatic amines is 2. The topological polar surface area (TPSA) is 106 Å². The molecule has 0 saturated carbocycles. The largest absolute Gasteiger partial charge is 0.342 e. The van der Waals surface area contributed by atoms with Gasteiger partial charge in [0.05, 0.1) is 18.7 Å². The predicted molar refractivity (Wildman–Crippen MR) is 99.4 cm³/mol. The Morgan fingerprint density at radius 3 is 2.56 bits per heavy atom. The number of nitrogens with zero attached hydrogens (tertiary/aromatic N) is 2. The molecule has 8 nitrogen and oxygen atoms in total. The van der Waals surface area contributed by atoms with Crippen LogP contribution in [0.25, 0.3) is 0 Å². The van der Waals surface area contributed by atoms with Crippen LogP contribution in [-0.4, -0.2) is 59.6 Å². The Hall–Kier alpha value is -2.39. The zero-order valence-electron chi connectivity index (χ0n) is 15.0. The maximum absolute atomic E-state index is 12.6. The highest BCUT2D eigenvalue weighted by atomic mass is 32.2. The molecule has 2 saturated heterocycles. The SMILES string of the molecule is CS(=O)(=O)N1C[C@H]2CN(C(=O)Cc3c[nH][nH]c3=O)C[C@H]2[C@@H]1c1ccccc1. The van der Waals surface area contributed by atoms with Crippen molar-refractivity contribution in [2.45, 2.75) is 12.5 Å². The number of sulfonamides is 1. The summed E-state index contributed by atoms with van der Waals surface area (Å²) < 4.78 is 26.2. The molecule has 0 unspecified atom stereocenters. The lowest BCUT2D eigenvalue weighted by molar-refractivity contribution is -0.129. The number of fused-ring (bicyclic) bond motifs is 1. The summed E-state index contributed by atoms with van der Waals surface area (Å²) in [5.74, 6) is 0.0428. The average molecular weight is 390 g/mol. The van der Waals surface area contributed by atoms with E-state index in [1.54, 1.807) is 9.21 Å². The number of rotatable bonds is 4. The molecule has 1 aromatic carbocycles. The second-order valence-electron chi connectivity index (χ2n) is 7.36. The lowest BCUT2D eigenvalue weighted by Crippen LogP contribution is -2.37. The van der Waals surface area contributed by atoms with E-state index in [9.17, 15) is 18.0 Å². The molecule has 0 bridgehead atoms. The number of aromatic nitrogens is 2. The number of benzene rings is 1. The van der Waals surface area contributed by atoms with Gasteiger partial charge in [-0.25, -0.2) is 8.42 Å². The van der Waals surface area contributed by atoms with Gasteiger partial charge in [-0.15, -0.1) is 0 Å². The number of amides is 1. The number of likely N-dealkylation sites (tertiary alicyclic amines) is 1. The Kier molecular flexibility index (Phi) is 4.43. The highest BCUT2D eigenvalue weighted by Gasteiger charge is 2.51. The Morgan fingerprint density at radius 2 is 1.93 bits per heavy atom. The van der Waals surface area contributed by atoms with Crippen molar-refractivity contribution in [3.8, 4) is 0 Å². The van der Waals surface area contributed by atoms with E-state index in [1.165, 1.54) is 12.5 Å². The van der Waals surface area contributed by atoms with Crippen molar-refractivity contribution in [2.24, 2.45) is 11.8 Å². The van der Waals surface area contributed by atoms with E-state index in [-0.39, 0.29) is 35.8 Å². The Morgan fingerprint density at radius 1 is 1.19 bits per heavy atom. The number of hydrogen-bond acceptors (Lipinski definition) is 4. The number of hydrogen-bond donors (Lipinski definition) is 2. The summed E-state index contributed by atoms with van der Waals surface area (Å²) >= 11 is 0. The molecule has 3 atom stereocenters. The van der Waals surface area contributed by atoms with Crippen LogP contribution >= 0.6 is 0 Å². The average Bonchev–Trinajstić information content (AvgIpc) is 3.29. The minimum Gasteiger partial charge on any atom is -0.342 e. The summed E-state index contributed by atoms with van der Waals surface area (Å²) in [6.07, 6.45) is 2.80. The van der Waals surface area contributed by atoms with Gasteiger partial charge in [-0.05, 0) is 11.5 Å². The molecule has 2 N–H and O–H groups in total. The Bertz CT molecular complexity index is 998. The molecule has 2 fully saturated rings. The van der Waals surface area contributed by atoms with Gasteiger partial charge in [-0.3, -0.25) is 14.7 Å². The van der Waals surface area contributed by atoms with Gasteiger partial charge in [0.1, 0.15) is 0 Å². The van der Waals surface area contributed by atoms with E-state index in [0.29, 0.717) is 25.2 Å². The van der Waals surface area contributed by atoms with Crippen LogP contribution in [0.3, 0.4) is 0 Å². The van der Waals surface area contributed by atoms with Crippen LogP contribution in [0.5, 0.6) is 0 Å². The van der Waals surface area contributed by atoms with Crippen LogP contribution in [-0.2, 0) is 21.2 Å². The maximum atomic E-state index is 12.6. The molecule has 1 aromatic heterocycles. The summed E-state index contributed by atoms with van der Waals surface area (Å²) in [5, 5.41) is 5.03. The van der Waals surface area contributed by atoms with E-state index < -0.39 is 10.0 Å². The van der Waals surface area contributed by atoms with Gasteiger partial charge in [0, 0.05) is 37.3 Å². The number of carbonyl (C=O) groups is 1. The minimum atomic E-state index is -3.35. The fraction of sp³-hybridized carbons (Fsp3) is 0.444. The van der Waals surface area contributed by atoms with Gasteiger partial charge >= 0.3 is 0 Å². The van der Waals surface area contributed by atoms with E-state index in [0.717, 1.165) is 5.56 Å². The molecule has 144 valence electrons. The first kappa shape index (κ1) is 18.0. The highest BCUT2D eigenvalue weighted by Crippen LogP contribution is 2.46. The predicted octanol–water partition coefficient (Wildman–Crippen LogP) is 0.337. The quantitative estimate of drug-likeness (QED) is 0.785. The number of nitrogens with one attached hydrogen (secondary N) is 2. The zero-order valence-corrected chi connectivity index (χ0v) is 15.8. The summed E-state index contributed by atoms with van der Waals surface area (Å²) in [6, 6.07) is 9.32. The number of carbonyl (C=O) groups excluding carboxylic acids is 1. The summed E-state index contributed by atoms with van der Waals surface area (Å²) in [7, 11) is -3.35. The second kappa shape index (κ2) is 6.65. The first-order chi connectivity index (χ1) is 12.8. The standard InChI is InChI=1S/C18H22N4O4S/c1-27(25,26)22-10-14-9-21(16(23)7-13-8-19-20-18(13)24)11-15(14)17(22)12-5-3-2-4-6-12/h2-6,8,14-15,17H,7,9-11H2,1H3,(H2,19,20,24)/t14-,15-,17+/m1/s1. The molecule has 4 rings (SSSR count). The van der Waals surface area contributed by atoms with Gasteiger partial charge in [0.15, 0.2) is 0 Å². The minimum absolute atomic E-state index is 0.0457. The normalized spacial score (nSPS) is 25.7. The monoisotopic (exact) mass is 390 g/mol. The Labute approximate surface area is 157 Å². The van der Waals surface area contributed by atoms with Crippen LogP contribution in [0, 0.1) is 11.8 Å². The van der Waals surface area contributed by atoms with E-state index in [2.05, 4.69) is 10.2 Å². The molecule has 2 aromatic rings. The molecule has 27 heavy (non-hydrogen) atoms. The molecular formula is C18H22N4O4S. The molecule has 0 aliphatic carbocycles. The molecule has 3 heterocycles. The fourth-order valence-corrected chi connectivity index (χ4v) is 5.51.